The third kappa shape index (κ3) is 2.05. The molecule has 0 aliphatic carbocycles. The van der Waals surface area contributed by atoms with Crippen LogP contribution in [0.15, 0.2) is 18.2 Å². The van der Waals surface area contributed by atoms with E-state index in [1.54, 1.807) is 16.8 Å². The molecular formula is C10H11ClN2O2S. The van der Waals surface area contributed by atoms with E-state index in [2.05, 4.69) is 5.10 Å². The van der Waals surface area contributed by atoms with Gasteiger partial charge in [0.25, 0.3) is 0 Å². The molecule has 0 bridgehead atoms. The lowest BCUT2D eigenvalue weighted by Gasteiger charge is -2.01. The van der Waals surface area contributed by atoms with E-state index in [1.807, 2.05) is 20.0 Å². The van der Waals surface area contributed by atoms with Crippen molar-refractivity contribution in [3.63, 3.8) is 0 Å². The Morgan fingerprint density at radius 3 is 2.75 bits per heavy atom. The minimum absolute atomic E-state index is 0.168. The molecular weight excluding hydrogens is 248 g/mol. The van der Waals surface area contributed by atoms with Crippen LogP contribution in [-0.4, -0.2) is 18.2 Å². The van der Waals surface area contributed by atoms with Crippen molar-refractivity contribution >= 4 is 30.6 Å². The second-order valence-corrected chi connectivity index (χ2v) is 6.48. The van der Waals surface area contributed by atoms with Gasteiger partial charge in [-0.3, -0.25) is 4.68 Å². The molecule has 2 rings (SSSR count). The molecule has 1 aromatic carbocycles. The standard InChI is InChI=1S/C10H11ClN2O2S/c1-7-10-8(6-16(11,14)15)4-3-5-9(10)13(2)12-7/h3-5H,6H2,1-2H3. The zero-order valence-corrected chi connectivity index (χ0v) is 10.5. The average molecular weight is 259 g/mol. The van der Waals surface area contributed by atoms with Crippen molar-refractivity contribution in [1.82, 2.24) is 9.78 Å². The Bertz CT molecular complexity index is 646. The number of fused-ring (bicyclic) bond motifs is 1. The van der Waals surface area contributed by atoms with Gasteiger partial charge in [0.05, 0.1) is 17.0 Å². The van der Waals surface area contributed by atoms with Gasteiger partial charge in [0.15, 0.2) is 0 Å². The molecule has 4 nitrogen and oxygen atoms in total. The Balaban J connectivity index is 2.71. The smallest absolute Gasteiger partial charge is 0.236 e. The molecule has 6 heteroatoms. The number of aromatic nitrogens is 2. The molecule has 0 radical (unpaired) electrons. The molecule has 1 heterocycles. The maximum Gasteiger partial charge on any atom is 0.236 e. The van der Waals surface area contributed by atoms with Crippen molar-refractivity contribution in [1.29, 1.82) is 0 Å². The first-order valence-electron chi connectivity index (χ1n) is 4.72. The molecule has 0 spiro atoms. The Kier molecular flexibility index (Phi) is 2.67. The SMILES string of the molecule is Cc1nn(C)c2cccc(CS(=O)(=O)Cl)c12. The minimum atomic E-state index is -3.54. The maximum absolute atomic E-state index is 11.1. The van der Waals surface area contributed by atoms with Crippen LogP contribution in [0.5, 0.6) is 0 Å². The number of rotatable bonds is 2. The maximum atomic E-state index is 11.1. The highest BCUT2D eigenvalue weighted by atomic mass is 35.7. The van der Waals surface area contributed by atoms with E-state index in [0.29, 0.717) is 5.56 Å². The summed E-state index contributed by atoms with van der Waals surface area (Å²) in [6.45, 7) is 1.85. The van der Waals surface area contributed by atoms with Crippen molar-refractivity contribution in [2.75, 3.05) is 0 Å². The summed E-state index contributed by atoms with van der Waals surface area (Å²) in [7, 11) is 3.56. The molecule has 0 atom stereocenters. The van der Waals surface area contributed by atoms with Gasteiger partial charge < -0.3 is 0 Å². The average Bonchev–Trinajstić information content (AvgIpc) is 2.41. The van der Waals surface area contributed by atoms with Crippen LogP contribution < -0.4 is 0 Å². The zero-order valence-electron chi connectivity index (χ0n) is 8.94. The Labute approximate surface area is 98.2 Å². The van der Waals surface area contributed by atoms with Crippen LogP contribution in [0.1, 0.15) is 11.3 Å². The quantitative estimate of drug-likeness (QED) is 0.774. The zero-order chi connectivity index (χ0) is 11.9. The lowest BCUT2D eigenvalue weighted by molar-refractivity contribution is 0.609. The van der Waals surface area contributed by atoms with E-state index >= 15 is 0 Å². The number of halogens is 1. The third-order valence-corrected chi connectivity index (χ3v) is 3.45. The van der Waals surface area contributed by atoms with Gasteiger partial charge in [0.2, 0.25) is 9.05 Å². The molecule has 0 saturated heterocycles. The van der Waals surface area contributed by atoms with E-state index in [4.69, 9.17) is 10.7 Å². The highest BCUT2D eigenvalue weighted by Crippen LogP contribution is 2.24. The van der Waals surface area contributed by atoms with Crippen LogP contribution in [0, 0.1) is 6.92 Å². The van der Waals surface area contributed by atoms with Crippen LogP contribution in [-0.2, 0) is 21.9 Å². The largest absolute Gasteiger partial charge is 0.268 e. The van der Waals surface area contributed by atoms with Crippen molar-refractivity contribution < 1.29 is 8.42 Å². The molecule has 0 fully saturated rings. The second-order valence-electron chi connectivity index (χ2n) is 3.70. The summed E-state index contributed by atoms with van der Waals surface area (Å²) in [5.74, 6) is -0.168. The van der Waals surface area contributed by atoms with Crippen molar-refractivity contribution in [3.8, 4) is 0 Å². The lowest BCUT2D eigenvalue weighted by Crippen LogP contribution is -1.96. The highest BCUT2D eigenvalue weighted by molar-refractivity contribution is 8.13. The molecule has 0 amide bonds. The van der Waals surface area contributed by atoms with Gasteiger partial charge in [-0.15, -0.1) is 0 Å². The predicted molar refractivity (Wildman–Crippen MR) is 63.9 cm³/mol. The van der Waals surface area contributed by atoms with E-state index in [-0.39, 0.29) is 5.75 Å². The molecule has 2 aromatic rings. The first-order chi connectivity index (χ1) is 7.38. The highest BCUT2D eigenvalue weighted by Gasteiger charge is 2.14. The Morgan fingerprint density at radius 2 is 2.12 bits per heavy atom. The van der Waals surface area contributed by atoms with E-state index in [9.17, 15) is 8.42 Å². The summed E-state index contributed by atoms with van der Waals surface area (Å²) in [5, 5.41) is 5.13. The summed E-state index contributed by atoms with van der Waals surface area (Å²) >= 11 is 0. The fourth-order valence-corrected chi connectivity index (χ4v) is 2.87. The summed E-state index contributed by atoms with van der Waals surface area (Å²) in [6.07, 6.45) is 0. The van der Waals surface area contributed by atoms with Crippen molar-refractivity contribution in [3.05, 3.63) is 29.5 Å². The van der Waals surface area contributed by atoms with Gasteiger partial charge in [0.1, 0.15) is 0 Å². The number of nitrogens with zero attached hydrogens (tertiary/aromatic N) is 2. The first kappa shape index (κ1) is 11.4. The molecule has 0 aliphatic rings. The van der Waals surface area contributed by atoms with Crippen molar-refractivity contribution in [2.24, 2.45) is 7.05 Å². The van der Waals surface area contributed by atoms with Crippen LogP contribution in [0.3, 0.4) is 0 Å². The summed E-state index contributed by atoms with van der Waals surface area (Å²) in [4.78, 5) is 0. The normalized spacial score (nSPS) is 12.2. The van der Waals surface area contributed by atoms with Gasteiger partial charge in [-0.1, -0.05) is 12.1 Å². The Morgan fingerprint density at radius 1 is 1.44 bits per heavy atom. The molecule has 86 valence electrons. The number of aryl methyl sites for hydroxylation is 2. The number of hydrogen-bond acceptors (Lipinski definition) is 3. The summed E-state index contributed by atoms with van der Waals surface area (Å²) in [6, 6.07) is 5.47. The molecule has 1 aromatic heterocycles. The third-order valence-electron chi connectivity index (χ3n) is 2.47. The van der Waals surface area contributed by atoms with Gasteiger partial charge in [-0.05, 0) is 18.6 Å². The first-order valence-corrected chi connectivity index (χ1v) is 7.20. The second kappa shape index (κ2) is 3.75. The molecule has 0 unspecified atom stereocenters. The van der Waals surface area contributed by atoms with Crippen LogP contribution in [0.25, 0.3) is 10.9 Å². The number of hydrogen-bond donors (Lipinski definition) is 0. The fraction of sp³-hybridized carbons (Fsp3) is 0.300. The Hall–Kier alpha value is -1.07. The van der Waals surface area contributed by atoms with Crippen LogP contribution >= 0.6 is 10.7 Å². The van der Waals surface area contributed by atoms with Gasteiger partial charge >= 0.3 is 0 Å². The topological polar surface area (TPSA) is 52.0 Å². The van der Waals surface area contributed by atoms with Gasteiger partial charge in [-0.25, -0.2) is 8.42 Å². The van der Waals surface area contributed by atoms with E-state index in [0.717, 1.165) is 16.6 Å². The summed E-state index contributed by atoms with van der Waals surface area (Å²) in [5.41, 5.74) is 2.42. The minimum Gasteiger partial charge on any atom is -0.268 e. The summed E-state index contributed by atoms with van der Waals surface area (Å²) < 4.78 is 23.9. The van der Waals surface area contributed by atoms with E-state index < -0.39 is 9.05 Å². The fourth-order valence-electron chi connectivity index (χ4n) is 1.91. The van der Waals surface area contributed by atoms with Crippen LogP contribution in [0.4, 0.5) is 0 Å². The predicted octanol–water partition coefficient (Wildman–Crippen LogP) is 1.95. The molecule has 16 heavy (non-hydrogen) atoms. The molecule has 0 aliphatic heterocycles. The monoisotopic (exact) mass is 258 g/mol. The van der Waals surface area contributed by atoms with Gasteiger partial charge in [-0.2, -0.15) is 5.10 Å². The molecule has 0 N–H and O–H groups in total. The van der Waals surface area contributed by atoms with Gasteiger partial charge in [0, 0.05) is 23.1 Å². The number of benzene rings is 1. The molecule has 0 saturated carbocycles. The van der Waals surface area contributed by atoms with E-state index in [1.165, 1.54) is 0 Å². The van der Waals surface area contributed by atoms with Crippen LogP contribution in [0.2, 0.25) is 0 Å². The lowest BCUT2D eigenvalue weighted by atomic mass is 10.1. The van der Waals surface area contributed by atoms with Crippen molar-refractivity contribution in [2.45, 2.75) is 12.7 Å².